The van der Waals surface area contributed by atoms with Crippen molar-refractivity contribution in [2.45, 2.75) is 127 Å². The highest BCUT2D eigenvalue weighted by molar-refractivity contribution is 6.21. The van der Waals surface area contributed by atoms with E-state index in [1.54, 1.807) is 55.4 Å². The number of rotatable bonds is 6. The van der Waals surface area contributed by atoms with Gasteiger partial charge in [-0.05, 0) is 73.6 Å². The molecule has 0 aromatic heterocycles. The van der Waals surface area contributed by atoms with Gasteiger partial charge in [-0.3, -0.25) is 24.0 Å². The van der Waals surface area contributed by atoms with Crippen LogP contribution in [0, 0.1) is 39.4 Å². The van der Waals surface area contributed by atoms with Crippen molar-refractivity contribution >= 4 is 28.9 Å². The topological polar surface area (TPSA) is 133 Å². The van der Waals surface area contributed by atoms with Gasteiger partial charge in [-0.15, -0.1) is 0 Å². The Balaban J connectivity index is 1.78. The van der Waals surface area contributed by atoms with Crippen LogP contribution < -0.4 is 9.47 Å². The Labute approximate surface area is 295 Å². The van der Waals surface area contributed by atoms with Gasteiger partial charge < -0.3 is 19.3 Å². The van der Waals surface area contributed by atoms with Crippen molar-refractivity contribution in [1.82, 2.24) is 0 Å². The minimum Gasteiger partial charge on any atom is -0.507 e. The van der Waals surface area contributed by atoms with Gasteiger partial charge in [0, 0.05) is 29.4 Å². The van der Waals surface area contributed by atoms with Crippen LogP contribution in [0.3, 0.4) is 0 Å². The lowest BCUT2D eigenvalue weighted by molar-refractivity contribution is -0.177. The van der Waals surface area contributed by atoms with E-state index in [4.69, 9.17) is 14.2 Å². The Morgan fingerprint density at radius 1 is 0.680 bits per heavy atom. The van der Waals surface area contributed by atoms with Gasteiger partial charge in [0.05, 0.1) is 32.8 Å². The monoisotopic (exact) mass is 688 g/mol. The molecule has 270 valence electrons. The van der Waals surface area contributed by atoms with E-state index in [1.165, 1.54) is 0 Å². The Morgan fingerprint density at radius 2 is 1.20 bits per heavy atom. The number of ketones is 5. The van der Waals surface area contributed by atoms with E-state index in [2.05, 4.69) is 0 Å². The van der Waals surface area contributed by atoms with E-state index in [-0.39, 0.29) is 86.9 Å². The predicted octanol–water partition coefficient (Wildman–Crippen LogP) is 7.92. The smallest absolute Gasteiger partial charge is 0.264 e. The first kappa shape index (κ1) is 36.1. The molecular weight excluding hydrogens is 636 g/mol. The molecule has 3 heterocycles. The molecule has 6 rings (SSSR count). The first-order chi connectivity index (χ1) is 22.8. The van der Waals surface area contributed by atoms with Gasteiger partial charge in [-0.2, -0.15) is 0 Å². The number of hydrogen-bond acceptors (Lipinski definition) is 9. The van der Waals surface area contributed by atoms with Gasteiger partial charge in [0.1, 0.15) is 40.2 Å². The number of hydrogen-bond donors (Lipinski definition) is 1. The maximum atomic E-state index is 14.6. The number of allylic oxidation sites excluding steroid dienone is 3. The highest BCUT2D eigenvalue weighted by atomic mass is 16.7. The average Bonchev–Trinajstić information content (AvgIpc) is 3.51. The van der Waals surface area contributed by atoms with Gasteiger partial charge in [0.15, 0.2) is 28.9 Å². The fraction of sp³-hybridized carbons (Fsp3) is 0.634. The van der Waals surface area contributed by atoms with Crippen LogP contribution in [-0.2, 0) is 23.9 Å². The summed E-state index contributed by atoms with van der Waals surface area (Å²) in [6, 6.07) is 0. The van der Waals surface area contributed by atoms with Gasteiger partial charge in [-0.25, -0.2) is 0 Å². The third kappa shape index (κ3) is 4.33. The van der Waals surface area contributed by atoms with E-state index >= 15 is 0 Å². The lowest BCUT2D eigenvalue weighted by Crippen LogP contribution is -2.51. The molecule has 3 aliphatic heterocycles. The molecule has 0 radical (unpaired) electrons. The molecule has 1 aromatic carbocycles. The van der Waals surface area contributed by atoms with Crippen molar-refractivity contribution in [2.24, 2.45) is 39.4 Å². The lowest BCUT2D eigenvalue weighted by atomic mass is 9.59. The molecule has 0 unspecified atom stereocenters. The van der Waals surface area contributed by atoms with Crippen molar-refractivity contribution in [3.8, 4) is 17.2 Å². The van der Waals surface area contributed by atoms with Gasteiger partial charge in [0.2, 0.25) is 0 Å². The zero-order valence-corrected chi connectivity index (χ0v) is 32.0. The third-order valence-corrected chi connectivity index (χ3v) is 11.8. The van der Waals surface area contributed by atoms with Crippen LogP contribution in [0.1, 0.15) is 143 Å². The highest BCUT2D eigenvalue weighted by Gasteiger charge is 2.70. The summed E-state index contributed by atoms with van der Waals surface area (Å²) >= 11 is 0. The molecule has 0 spiro atoms. The molecule has 3 atom stereocenters. The van der Waals surface area contributed by atoms with E-state index in [9.17, 15) is 29.1 Å². The number of ether oxygens (including phenoxy) is 3. The van der Waals surface area contributed by atoms with Crippen LogP contribution in [-0.4, -0.2) is 39.8 Å². The maximum absolute atomic E-state index is 14.6. The zero-order valence-electron chi connectivity index (χ0n) is 32.0. The third-order valence-electron chi connectivity index (χ3n) is 11.8. The van der Waals surface area contributed by atoms with Gasteiger partial charge >= 0.3 is 0 Å². The minimum absolute atomic E-state index is 0.0292. The number of Topliss-reactive ketones (excluding diaryl/α,β-unsaturated/α-hetero) is 5. The van der Waals surface area contributed by atoms with Crippen LogP contribution in [0.2, 0.25) is 0 Å². The summed E-state index contributed by atoms with van der Waals surface area (Å²) in [5, 5.41) is 12.4. The summed E-state index contributed by atoms with van der Waals surface area (Å²) in [5.74, 6) is -5.06. The van der Waals surface area contributed by atoms with Crippen LogP contribution in [0.25, 0.3) is 0 Å². The molecular formula is C41H52O9. The summed E-state index contributed by atoms with van der Waals surface area (Å²) in [4.78, 5) is 71.0. The molecule has 50 heavy (non-hydrogen) atoms. The fourth-order valence-electron chi connectivity index (χ4n) is 9.26. The first-order valence-electron chi connectivity index (χ1n) is 18.0. The first-order valence-corrected chi connectivity index (χ1v) is 18.0. The van der Waals surface area contributed by atoms with Crippen molar-refractivity contribution in [3.05, 3.63) is 39.4 Å². The standard InChI is InChI=1S/C41H52O9/c1-17(2)15-20-22-28(43)24(21(42)16-18(3)4)30-25(29(22)48-33-23(20)31(44)37(7,8)35(46)39(33,11)12)27-26-32(45)38(9,10)36(47)40(13,14)34(26)50-41(27,49-30)19(5)6/h17-20,27,43H,15-16H2,1-14H3/t20-,27+,41+/m0/s1. The maximum Gasteiger partial charge on any atom is 0.264 e. The average molecular weight is 689 g/mol. The van der Waals surface area contributed by atoms with E-state index in [0.29, 0.717) is 17.6 Å². The number of carbonyl (C=O) groups excluding carboxylic acids is 5. The second-order valence-electron chi connectivity index (χ2n) is 18.3. The SMILES string of the molecule is CC(C)CC(=O)c1c(O)c2c(c3c1O[C@]1(C(C)C)OC4=C(C(=O)C(C)(C)C(=O)C4(C)C)[C@@H]31)OC1=C(C(=O)C(C)(C)C(=O)C1(C)C)[C@H]2CC(C)C. The normalized spacial score (nSPS) is 28.3. The molecule has 2 aliphatic carbocycles. The van der Waals surface area contributed by atoms with E-state index in [1.807, 2.05) is 41.5 Å². The number of aromatic hydroxyl groups is 1. The molecule has 0 fully saturated rings. The van der Waals surface area contributed by atoms with Crippen LogP contribution in [0.4, 0.5) is 0 Å². The number of phenolic OH excluding ortho intramolecular Hbond substituents is 1. The molecule has 0 saturated heterocycles. The van der Waals surface area contributed by atoms with Crippen molar-refractivity contribution < 1.29 is 43.3 Å². The van der Waals surface area contributed by atoms with Gasteiger partial charge in [-0.1, -0.05) is 41.5 Å². The summed E-state index contributed by atoms with van der Waals surface area (Å²) in [6.45, 7) is 25.1. The largest absolute Gasteiger partial charge is 0.507 e. The molecule has 0 bridgehead atoms. The molecule has 9 nitrogen and oxygen atoms in total. The molecule has 1 aromatic rings. The summed E-state index contributed by atoms with van der Waals surface area (Å²) < 4.78 is 20.4. The van der Waals surface area contributed by atoms with Crippen LogP contribution in [0.5, 0.6) is 17.2 Å². The van der Waals surface area contributed by atoms with Crippen molar-refractivity contribution in [2.75, 3.05) is 0 Å². The molecule has 9 heteroatoms. The number of fused-ring (bicyclic) bond motifs is 6. The minimum atomic E-state index is -1.56. The molecule has 0 amide bonds. The quantitative estimate of drug-likeness (QED) is 0.234. The highest BCUT2D eigenvalue weighted by Crippen LogP contribution is 2.69. The summed E-state index contributed by atoms with van der Waals surface area (Å²) in [6.07, 6.45) is 0.505. The summed E-state index contributed by atoms with van der Waals surface area (Å²) in [5.41, 5.74) is -3.95. The number of carbonyl (C=O) groups is 5. The van der Waals surface area contributed by atoms with Crippen molar-refractivity contribution in [3.63, 3.8) is 0 Å². The molecule has 5 aliphatic rings. The fourth-order valence-corrected chi connectivity index (χ4v) is 9.26. The Bertz CT molecular complexity index is 1880. The Kier molecular flexibility index (Phi) is 7.67. The number of phenols is 1. The Morgan fingerprint density at radius 3 is 1.70 bits per heavy atom. The van der Waals surface area contributed by atoms with Crippen LogP contribution >= 0.6 is 0 Å². The van der Waals surface area contributed by atoms with Gasteiger partial charge in [0.25, 0.3) is 5.79 Å². The second kappa shape index (κ2) is 10.6. The molecule has 1 N–H and O–H groups in total. The predicted molar refractivity (Wildman–Crippen MR) is 186 cm³/mol. The Hall–Kier alpha value is -3.75. The second-order valence-corrected chi connectivity index (χ2v) is 18.3. The zero-order chi connectivity index (χ0) is 37.6. The van der Waals surface area contributed by atoms with E-state index in [0.717, 1.165) is 0 Å². The van der Waals surface area contributed by atoms with E-state index < -0.39 is 51.0 Å². The van der Waals surface area contributed by atoms with Crippen molar-refractivity contribution in [1.29, 1.82) is 0 Å². The lowest BCUT2D eigenvalue weighted by Gasteiger charge is -2.45. The van der Waals surface area contributed by atoms with Crippen LogP contribution in [0.15, 0.2) is 22.7 Å². The summed E-state index contributed by atoms with van der Waals surface area (Å²) in [7, 11) is 0. The molecule has 0 saturated carbocycles. The number of benzene rings is 1.